The molecule has 0 spiro atoms. The highest BCUT2D eigenvalue weighted by molar-refractivity contribution is 7.19. The van der Waals surface area contributed by atoms with Crippen molar-refractivity contribution in [3.63, 3.8) is 0 Å². The molecule has 2 radical (unpaired) electrons. The van der Waals surface area contributed by atoms with Crippen LogP contribution in [0, 0.1) is 0 Å². The first-order chi connectivity index (χ1) is 37.1. The van der Waals surface area contributed by atoms with Crippen LogP contribution in [-0.2, 0) is 0 Å². The van der Waals surface area contributed by atoms with Gasteiger partial charge in [-0.15, -0.1) is 9.24 Å². The van der Waals surface area contributed by atoms with E-state index in [9.17, 15) is 0 Å². The topological polar surface area (TPSA) is 76.2 Å². The lowest BCUT2D eigenvalue weighted by Gasteiger charge is -2.18. The van der Waals surface area contributed by atoms with Gasteiger partial charge in [0.25, 0.3) is 0 Å². The van der Waals surface area contributed by atoms with E-state index in [0.717, 1.165) is 32.7 Å². The van der Waals surface area contributed by atoms with Gasteiger partial charge in [-0.2, -0.15) is 0 Å². The Morgan fingerprint density at radius 2 is 0.627 bits per heavy atom. The highest BCUT2D eigenvalue weighted by Gasteiger charge is 2.46. The predicted octanol–water partition coefficient (Wildman–Crippen LogP) is 15.4. The Bertz CT molecular complexity index is 3850. The third-order valence-corrected chi connectivity index (χ3v) is 14.5. The molecule has 0 saturated heterocycles. The highest BCUT2D eigenvalue weighted by Crippen LogP contribution is 2.36. The van der Waals surface area contributed by atoms with Gasteiger partial charge in [-0.25, -0.2) is 0 Å². The maximum Gasteiger partial charge on any atom is 1.20 e. The molecule has 5 aromatic heterocycles. The molecule has 1 unspecified atom stereocenters. The van der Waals surface area contributed by atoms with E-state index in [1.54, 1.807) is 18.6 Å². The number of rotatable bonds is 9. The average Bonchev–Trinajstić information content (AvgIpc) is 3.99. The summed E-state index contributed by atoms with van der Waals surface area (Å²) in [4.78, 5) is 13.5. The summed E-state index contributed by atoms with van der Waals surface area (Å²) in [5.41, 5.74) is 12.0. The lowest BCUT2D eigenvalue weighted by molar-refractivity contribution is 0.311. The van der Waals surface area contributed by atoms with Crippen molar-refractivity contribution in [1.82, 2.24) is 24.1 Å². The first kappa shape index (κ1) is 47.3. The van der Waals surface area contributed by atoms with Crippen LogP contribution in [0.5, 0.6) is 17.2 Å². The molecule has 14 aromatic rings. The van der Waals surface area contributed by atoms with Crippen LogP contribution in [0.3, 0.4) is 0 Å². The Labute approximate surface area is 442 Å². The summed E-state index contributed by atoms with van der Waals surface area (Å²) in [7, 11) is 7.17. The molecule has 0 amide bonds. The van der Waals surface area contributed by atoms with Gasteiger partial charge in [0.15, 0.2) is 0 Å². The SMILES string of the molecule is [B]CP.c1ccc2c(c1)c1ccccc1n2-c1ccc(-c2ccc(-n3c4ccccc4c4ccccc43)cc2)cc1.c1cnc2c([O][Al]([O]c3cccc4cccnc34)[O]c3cccc4cccnc34)cccc2c1. The van der Waals surface area contributed by atoms with Crippen molar-refractivity contribution in [3.8, 4) is 39.8 Å². The van der Waals surface area contributed by atoms with Crippen LogP contribution in [0.1, 0.15) is 0 Å². The molecule has 0 bridgehead atoms. The summed E-state index contributed by atoms with van der Waals surface area (Å²) < 4.78 is 24.0. The number of hydrogen-bond acceptors (Lipinski definition) is 6. The molecule has 0 aliphatic heterocycles. The monoisotopic (exact) mass is 1000 g/mol. The minimum Gasteiger partial charge on any atom is -0.576 e. The van der Waals surface area contributed by atoms with Crippen molar-refractivity contribution in [1.29, 1.82) is 0 Å². The normalized spacial score (nSPS) is 11.1. The van der Waals surface area contributed by atoms with E-state index >= 15 is 0 Å². The molecule has 8 nitrogen and oxygen atoms in total. The zero-order chi connectivity index (χ0) is 50.5. The van der Waals surface area contributed by atoms with Gasteiger partial charge >= 0.3 is 15.1 Å². The molecule has 0 N–H and O–H groups in total. The van der Waals surface area contributed by atoms with Gasteiger partial charge in [-0.05, 0) is 96.1 Å². The largest absolute Gasteiger partial charge is 1.20 e. The molecule has 75 heavy (non-hydrogen) atoms. The zero-order valence-corrected chi connectivity index (χ0v) is 43.0. The fourth-order valence-electron chi connectivity index (χ4n) is 9.90. The Hall–Kier alpha value is -8.76. The molecule has 14 rings (SSSR count). The third-order valence-electron chi connectivity index (χ3n) is 13.2. The van der Waals surface area contributed by atoms with Crippen molar-refractivity contribution in [2.75, 3.05) is 6.06 Å². The van der Waals surface area contributed by atoms with E-state index in [2.05, 4.69) is 179 Å². The van der Waals surface area contributed by atoms with Gasteiger partial charge < -0.3 is 20.5 Å². The van der Waals surface area contributed by atoms with Crippen LogP contribution < -0.4 is 11.4 Å². The number of nitrogens with zero attached hydrogens (tertiary/aromatic N) is 5. The van der Waals surface area contributed by atoms with E-state index in [1.165, 1.54) is 66.1 Å². The number of benzene rings is 9. The highest BCUT2D eigenvalue weighted by atomic mass is 31.0. The lowest BCUT2D eigenvalue weighted by Crippen LogP contribution is -2.37. The van der Waals surface area contributed by atoms with Crippen LogP contribution in [0.15, 0.2) is 255 Å². The summed E-state index contributed by atoms with van der Waals surface area (Å²) in [6.45, 7) is 0. The fourth-order valence-corrected chi connectivity index (χ4v) is 11.2. The molecule has 0 fully saturated rings. The van der Waals surface area contributed by atoms with Gasteiger partial charge in [0.05, 0.1) is 29.9 Å². The maximum atomic E-state index is 6.41. The van der Waals surface area contributed by atoms with Gasteiger partial charge in [0.1, 0.15) is 33.8 Å². The zero-order valence-electron chi connectivity index (χ0n) is 40.6. The van der Waals surface area contributed by atoms with Crippen molar-refractivity contribution in [3.05, 3.63) is 255 Å². The number of fused-ring (bicyclic) bond motifs is 9. The summed E-state index contributed by atoms with van der Waals surface area (Å²) in [6.07, 6.45) is 5.24. The molecule has 0 aliphatic rings. The standard InChI is InChI=1S/C36H24N2.3C9H7NO.CH4BP.Al/c1-5-13-33-29(9-1)30-10-2-6-14-34(30)37(33)27-21-17-25(18-22-27)26-19-23-28(24-20-26)38-35-15-7-3-11-31(35)32-12-4-8-16-36(32)38;3*11-8-5-1-3-7-4-2-6-10-9(7)8;2-1-3;/h1-24H;3*1-6,11H;1,3H2;/q;;;;;+3/p-3. The Morgan fingerprint density at radius 3 is 0.933 bits per heavy atom. The van der Waals surface area contributed by atoms with Crippen LogP contribution >= 0.6 is 9.24 Å². The summed E-state index contributed by atoms with van der Waals surface area (Å²) in [5.74, 6) is 1.82. The molecule has 11 heteroatoms. The van der Waals surface area contributed by atoms with Crippen LogP contribution in [0.4, 0.5) is 0 Å². The molecule has 0 aliphatic carbocycles. The molecule has 356 valence electrons. The number of hydrogen-bond donors (Lipinski definition) is 0. The van der Waals surface area contributed by atoms with E-state index in [0.29, 0.717) is 23.3 Å². The van der Waals surface area contributed by atoms with Crippen LogP contribution in [0.25, 0.3) is 98.8 Å². The average molecular weight is 1000 g/mol. The lowest BCUT2D eigenvalue weighted by atomic mass is 10.0. The predicted molar refractivity (Wildman–Crippen MR) is 314 cm³/mol. The minimum absolute atomic E-state index is 0.608. The number of aromatic nitrogens is 5. The molecular formula is C64H46AlBN5O3P. The Kier molecular flexibility index (Phi) is 13.5. The summed E-state index contributed by atoms with van der Waals surface area (Å²) in [6, 6.07) is 82.2. The van der Waals surface area contributed by atoms with Crippen molar-refractivity contribution in [2.45, 2.75) is 0 Å². The Morgan fingerprint density at radius 1 is 0.347 bits per heavy atom. The second-order valence-electron chi connectivity index (χ2n) is 17.7. The number of pyridine rings is 3. The van der Waals surface area contributed by atoms with Gasteiger partial charge in [0, 0.05) is 67.7 Å². The summed E-state index contributed by atoms with van der Waals surface area (Å²) in [5, 5.41) is 8.07. The molecule has 1 atom stereocenters. The maximum absolute atomic E-state index is 6.41. The fraction of sp³-hybridized carbons (Fsp3) is 0.0156. The third kappa shape index (κ3) is 9.44. The van der Waals surface area contributed by atoms with Gasteiger partial charge in [-0.1, -0.05) is 158 Å². The van der Waals surface area contributed by atoms with E-state index in [1.807, 2.05) is 91.0 Å². The molecule has 0 saturated carbocycles. The quantitative estimate of drug-likeness (QED) is 0.106. The first-order valence-electron chi connectivity index (χ1n) is 24.7. The van der Waals surface area contributed by atoms with E-state index in [-0.39, 0.29) is 0 Å². The van der Waals surface area contributed by atoms with Gasteiger partial charge in [-0.3, -0.25) is 15.0 Å². The van der Waals surface area contributed by atoms with E-state index in [4.69, 9.17) is 19.2 Å². The minimum atomic E-state index is -2.86. The van der Waals surface area contributed by atoms with Crippen LogP contribution in [0.2, 0.25) is 0 Å². The molecule has 9 aromatic carbocycles. The van der Waals surface area contributed by atoms with Crippen molar-refractivity contribution < 1.29 is 11.4 Å². The van der Waals surface area contributed by atoms with Crippen molar-refractivity contribution >= 4 is 109 Å². The van der Waals surface area contributed by atoms with Gasteiger partial charge in [0.2, 0.25) is 0 Å². The number of para-hydroxylation sites is 7. The Balaban J connectivity index is 0.000000145. The first-order valence-corrected chi connectivity index (χ1v) is 27.0. The summed E-state index contributed by atoms with van der Waals surface area (Å²) >= 11 is -2.86. The van der Waals surface area contributed by atoms with E-state index < -0.39 is 15.1 Å². The second-order valence-corrected chi connectivity index (χ2v) is 19.5. The second kappa shape index (κ2) is 21.4. The van der Waals surface area contributed by atoms with Crippen LogP contribution in [-0.4, -0.2) is 53.1 Å². The molecular weight excluding hydrogens is 956 g/mol. The smallest absolute Gasteiger partial charge is 0.576 e. The molecule has 5 heterocycles. The van der Waals surface area contributed by atoms with Crippen molar-refractivity contribution in [2.24, 2.45) is 0 Å².